The van der Waals surface area contributed by atoms with Gasteiger partial charge in [-0.3, -0.25) is 9.80 Å². The fourth-order valence-electron chi connectivity index (χ4n) is 4.88. The maximum absolute atomic E-state index is 12.8. The third-order valence-electron chi connectivity index (χ3n) is 6.76. The number of nitrogens with zero attached hydrogens (tertiary/aromatic N) is 3. The van der Waals surface area contributed by atoms with Crippen molar-refractivity contribution in [1.29, 1.82) is 0 Å². The normalized spacial score (nSPS) is 18.0. The topological polar surface area (TPSA) is 93.6 Å². The van der Waals surface area contributed by atoms with Gasteiger partial charge in [-0.25, -0.2) is 9.78 Å². The van der Waals surface area contributed by atoms with Crippen LogP contribution < -0.4 is 4.74 Å². The maximum atomic E-state index is 12.8. The molecule has 2 aliphatic heterocycles. The highest BCUT2D eigenvalue weighted by atomic mass is 16.5. The molecule has 0 aliphatic carbocycles. The number of benzene rings is 2. The summed E-state index contributed by atoms with van der Waals surface area (Å²) in [4.78, 5) is 22.3. The molecule has 1 aromatic heterocycles. The first kappa shape index (κ1) is 25.4. The van der Waals surface area contributed by atoms with Crippen molar-refractivity contribution in [3.8, 4) is 17.2 Å². The van der Waals surface area contributed by atoms with Gasteiger partial charge in [0.15, 0.2) is 11.4 Å². The zero-order valence-corrected chi connectivity index (χ0v) is 21.1. The van der Waals surface area contributed by atoms with E-state index in [0.29, 0.717) is 55.6 Å². The second kappa shape index (κ2) is 11.9. The summed E-state index contributed by atoms with van der Waals surface area (Å²) >= 11 is 0. The van der Waals surface area contributed by atoms with E-state index in [2.05, 4.69) is 9.80 Å². The Kier molecular flexibility index (Phi) is 8.15. The Morgan fingerprint density at radius 2 is 1.68 bits per heavy atom. The highest BCUT2D eigenvalue weighted by Crippen LogP contribution is 2.38. The van der Waals surface area contributed by atoms with E-state index in [1.54, 1.807) is 19.1 Å². The van der Waals surface area contributed by atoms with Gasteiger partial charge in [-0.1, -0.05) is 18.2 Å². The van der Waals surface area contributed by atoms with E-state index in [1.165, 1.54) is 0 Å². The van der Waals surface area contributed by atoms with Gasteiger partial charge in [0.25, 0.3) is 0 Å². The van der Waals surface area contributed by atoms with Gasteiger partial charge in [0.1, 0.15) is 11.5 Å². The molecule has 9 nitrogen and oxygen atoms in total. The zero-order valence-electron chi connectivity index (χ0n) is 21.1. The summed E-state index contributed by atoms with van der Waals surface area (Å²) in [6.07, 6.45) is 0. The molecule has 0 radical (unpaired) electrons. The number of aromatic nitrogens is 1. The average Bonchev–Trinajstić information content (AvgIpc) is 2.94. The highest BCUT2D eigenvalue weighted by Gasteiger charge is 2.31. The Hall–Kier alpha value is -3.24. The van der Waals surface area contributed by atoms with Gasteiger partial charge in [0.2, 0.25) is 0 Å². The van der Waals surface area contributed by atoms with E-state index >= 15 is 0 Å². The molecule has 196 valence electrons. The maximum Gasteiger partial charge on any atom is 0.360 e. The quantitative estimate of drug-likeness (QED) is 0.459. The number of carbonyl (C=O) groups is 1. The number of carbonyl (C=O) groups excluding carboxylic acids is 1. The lowest BCUT2D eigenvalue weighted by Gasteiger charge is -2.38. The van der Waals surface area contributed by atoms with E-state index in [0.717, 1.165) is 31.6 Å². The number of morpholine rings is 2. The molecule has 1 atom stereocenters. The molecule has 1 N–H and O–H groups in total. The van der Waals surface area contributed by atoms with Gasteiger partial charge < -0.3 is 24.1 Å². The van der Waals surface area contributed by atoms with Crippen LogP contribution in [0.25, 0.3) is 10.8 Å². The first-order chi connectivity index (χ1) is 18.1. The minimum absolute atomic E-state index is 0.0682. The lowest BCUT2D eigenvalue weighted by Crippen LogP contribution is -2.46. The van der Waals surface area contributed by atoms with Crippen LogP contribution in [0, 0.1) is 0 Å². The number of esters is 1. The molecule has 2 saturated heterocycles. The standard InChI is InChI=1S/C28H33N3O6/c1-2-36-28(33)26-27(32)22-9-8-21(37-20-6-4-3-5-7-20)18-23(22)25(29-26)24(31-12-16-35-17-13-31)19-30-10-14-34-15-11-30/h3-9,18,24,32H,2,10-17,19H2,1H3. The fraction of sp³-hybridized carbons (Fsp3) is 0.429. The van der Waals surface area contributed by atoms with Crippen molar-refractivity contribution >= 4 is 16.7 Å². The molecule has 5 rings (SSSR count). The second-order valence-corrected chi connectivity index (χ2v) is 9.11. The largest absolute Gasteiger partial charge is 0.505 e. The number of fused-ring (bicyclic) bond motifs is 1. The lowest BCUT2D eigenvalue weighted by atomic mass is 10.00. The monoisotopic (exact) mass is 507 g/mol. The molecule has 0 spiro atoms. The molecule has 37 heavy (non-hydrogen) atoms. The summed E-state index contributed by atoms with van der Waals surface area (Å²) in [5.41, 5.74) is 0.643. The molecular weight excluding hydrogens is 474 g/mol. The molecule has 0 bridgehead atoms. The zero-order chi connectivity index (χ0) is 25.6. The number of pyridine rings is 1. The van der Waals surface area contributed by atoms with Crippen LogP contribution >= 0.6 is 0 Å². The van der Waals surface area contributed by atoms with Crippen LogP contribution in [0.1, 0.15) is 29.1 Å². The van der Waals surface area contributed by atoms with Crippen LogP contribution in [0.4, 0.5) is 0 Å². The predicted molar refractivity (Wildman–Crippen MR) is 138 cm³/mol. The Bertz CT molecular complexity index is 1210. The van der Waals surface area contributed by atoms with Crippen molar-refractivity contribution in [3.63, 3.8) is 0 Å². The predicted octanol–water partition coefficient (Wildman–Crippen LogP) is 3.61. The van der Waals surface area contributed by atoms with Crippen molar-refractivity contribution in [1.82, 2.24) is 14.8 Å². The van der Waals surface area contributed by atoms with E-state index < -0.39 is 5.97 Å². The summed E-state index contributed by atoms with van der Waals surface area (Å²) in [5.74, 6) is 0.509. The lowest BCUT2D eigenvalue weighted by molar-refractivity contribution is -0.0105. The molecule has 1 unspecified atom stereocenters. The van der Waals surface area contributed by atoms with Crippen molar-refractivity contribution < 1.29 is 28.8 Å². The van der Waals surface area contributed by atoms with Gasteiger partial charge in [-0.15, -0.1) is 0 Å². The van der Waals surface area contributed by atoms with Crippen molar-refractivity contribution in [2.24, 2.45) is 0 Å². The van der Waals surface area contributed by atoms with Crippen LogP contribution in [-0.2, 0) is 14.2 Å². The van der Waals surface area contributed by atoms with Gasteiger partial charge in [0, 0.05) is 43.5 Å². The van der Waals surface area contributed by atoms with E-state index in [-0.39, 0.29) is 24.1 Å². The average molecular weight is 508 g/mol. The Morgan fingerprint density at radius 3 is 2.38 bits per heavy atom. The third-order valence-corrected chi connectivity index (χ3v) is 6.76. The molecule has 2 fully saturated rings. The SMILES string of the molecule is CCOC(=O)c1nc(C(CN2CCOCC2)N2CCOCC2)c2cc(Oc3ccccc3)ccc2c1O. The van der Waals surface area contributed by atoms with E-state index in [4.69, 9.17) is 23.9 Å². The molecule has 9 heteroatoms. The molecule has 2 aromatic carbocycles. The minimum atomic E-state index is -0.639. The van der Waals surface area contributed by atoms with Crippen molar-refractivity contribution in [3.05, 3.63) is 59.9 Å². The third kappa shape index (κ3) is 5.86. The second-order valence-electron chi connectivity index (χ2n) is 9.11. The number of ether oxygens (including phenoxy) is 4. The van der Waals surface area contributed by atoms with Crippen LogP contribution in [0.5, 0.6) is 17.2 Å². The summed E-state index contributed by atoms with van der Waals surface area (Å²) < 4.78 is 22.6. The highest BCUT2D eigenvalue weighted by molar-refractivity contribution is 6.00. The summed E-state index contributed by atoms with van der Waals surface area (Å²) in [6, 6.07) is 14.9. The fourth-order valence-corrected chi connectivity index (χ4v) is 4.88. The van der Waals surface area contributed by atoms with E-state index in [9.17, 15) is 9.90 Å². The van der Waals surface area contributed by atoms with Crippen LogP contribution in [-0.4, -0.2) is 91.6 Å². The number of rotatable bonds is 8. The summed E-state index contributed by atoms with van der Waals surface area (Å²) in [7, 11) is 0. The van der Waals surface area contributed by atoms with Gasteiger partial charge in [-0.05, 0) is 37.3 Å². The first-order valence-corrected chi connectivity index (χ1v) is 12.8. The molecule has 2 aliphatic rings. The molecule has 0 amide bonds. The van der Waals surface area contributed by atoms with Crippen LogP contribution in [0.15, 0.2) is 48.5 Å². The Labute approximate surface area is 216 Å². The molecule has 3 aromatic rings. The first-order valence-electron chi connectivity index (χ1n) is 12.8. The molecule has 0 saturated carbocycles. The van der Waals surface area contributed by atoms with Crippen molar-refractivity contribution in [2.45, 2.75) is 13.0 Å². The Morgan fingerprint density at radius 1 is 0.973 bits per heavy atom. The number of hydrogen-bond donors (Lipinski definition) is 1. The Balaban J connectivity index is 1.63. The van der Waals surface area contributed by atoms with Crippen LogP contribution in [0.2, 0.25) is 0 Å². The molecular formula is C28H33N3O6. The van der Waals surface area contributed by atoms with Gasteiger partial charge >= 0.3 is 5.97 Å². The number of aromatic hydroxyl groups is 1. The molecule has 3 heterocycles. The number of hydrogen-bond acceptors (Lipinski definition) is 9. The number of para-hydroxylation sites is 1. The van der Waals surface area contributed by atoms with Gasteiger partial charge in [-0.2, -0.15) is 0 Å². The van der Waals surface area contributed by atoms with Gasteiger partial charge in [0.05, 0.1) is 44.8 Å². The van der Waals surface area contributed by atoms with Crippen LogP contribution in [0.3, 0.4) is 0 Å². The summed E-state index contributed by atoms with van der Waals surface area (Å²) in [5, 5.41) is 12.4. The van der Waals surface area contributed by atoms with E-state index in [1.807, 2.05) is 36.4 Å². The minimum Gasteiger partial charge on any atom is -0.505 e. The summed E-state index contributed by atoms with van der Waals surface area (Å²) in [6.45, 7) is 8.39. The van der Waals surface area contributed by atoms with Crippen molar-refractivity contribution in [2.75, 3.05) is 65.8 Å². The smallest absolute Gasteiger partial charge is 0.360 e.